The number of hydrogen-bond acceptors (Lipinski definition) is 4. The van der Waals surface area contributed by atoms with Gasteiger partial charge in [-0.25, -0.2) is 0 Å². The minimum Gasteiger partial charge on any atom is -0.305 e. The quantitative estimate of drug-likeness (QED) is 0.757. The maximum absolute atomic E-state index is 2.61. The van der Waals surface area contributed by atoms with Gasteiger partial charge in [-0.15, -0.1) is 0 Å². The molecule has 0 atom stereocenters. The zero-order valence-electron chi connectivity index (χ0n) is 14.3. The fraction of sp³-hybridized carbons (Fsp3) is 1.00. The number of nitrogens with zero attached hydrogens (tertiary/aromatic N) is 4. The van der Waals surface area contributed by atoms with Crippen molar-refractivity contribution in [2.75, 3.05) is 79.5 Å². The van der Waals surface area contributed by atoms with Crippen LogP contribution in [0.3, 0.4) is 0 Å². The van der Waals surface area contributed by atoms with E-state index in [9.17, 15) is 0 Å². The van der Waals surface area contributed by atoms with Gasteiger partial charge < -0.3 is 19.6 Å². The Hall–Kier alpha value is -0.160. The van der Waals surface area contributed by atoms with Gasteiger partial charge >= 0.3 is 0 Å². The molecule has 0 saturated carbocycles. The molecule has 1 fully saturated rings. The summed E-state index contributed by atoms with van der Waals surface area (Å²) >= 11 is 0. The second kappa shape index (κ2) is 10.6. The molecule has 0 aliphatic carbocycles. The van der Waals surface area contributed by atoms with E-state index >= 15 is 0 Å². The van der Waals surface area contributed by atoms with E-state index in [1.165, 1.54) is 78.3 Å². The summed E-state index contributed by atoms with van der Waals surface area (Å²) in [7, 11) is 4.52. The normalized spacial score (nSPS) is 24.6. The third kappa shape index (κ3) is 7.58. The van der Waals surface area contributed by atoms with Gasteiger partial charge in [0, 0.05) is 26.2 Å². The average Bonchev–Trinajstić information content (AvgIpc) is 2.45. The van der Waals surface area contributed by atoms with E-state index in [0.717, 1.165) is 0 Å². The number of hydrogen-bond donors (Lipinski definition) is 0. The second-order valence-corrected chi connectivity index (χ2v) is 6.18. The summed E-state index contributed by atoms with van der Waals surface area (Å²) in [5.74, 6) is 0. The molecule has 0 aromatic carbocycles. The van der Waals surface area contributed by atoms with Gasteiger partial charge in [-0.05, 0) is 66.2 Å². The van der Waals surface area contributed by atoms with Crippen LogP contribution >= 0.6 is 0 Å². The topological polar surface area (TPSA) is 13.0 Å². The largest absolute Gasteiger partial charge is 0.305 e. The Balaban J connectivity index is 2.47. The Labute approximate surface area is 126 Å². The number of likely N-dealkylation sites (N-methyl/N-ethyl adjacent to an activating group) is 4. The first kappa shape index (κ1) is 17.9. The highest BCUT2D eigenvalue weighted by Gasteiger charge is 2.09. The average molecular weight is 284 g/mol. The molecular formula is C16H36N4. The van der Waals surface area contributed by atoms with Crippen LogP contribution in [-0.4, -0.2) is 99.1 Å². The molecule has 0 aromatic heterocycles. The van der Waals surface area contributed by atoms with Crippen LogP contribution in [0.1, 0.15) is 26.7 Å². The molecule has 0 radical (unpaired) electrons. The van der Waals surface area contributed by atoms with Crippen LogP contribution in [0.4, 0.5) is 0 Å². The summed E-state index contributed by atoms with van der Waals surface area (Å²) in [4.78, 5) is 10.2. The van der Waals surface area contributed by atoms with Crippen molar-refractivity contribution in [3.63, 3.8) is 0 Å². The highest BCUT2D eigenvalue weighted by Crippen LogP contribution is 2.00. The lowest BCUT2D eigenvalue weighted by Gasteiger charge is -2.29. The highest BCUT2D eigenvalue weighted by atomic mass is 15.2. The second-order valence-electron chi connectivity index (χ2n) is 6.18. The van der Waals surface area contributed by atoms with Crippen molar-refractivity contribution in [2.24, 2.45) is 0 Å². The molecule has 0 N–H and O–H groups in total. The maximum atomic E-state index is 2.61. The zero-order valence-corrected chi connectivity index (χ0v) is 14.3. The SMILES string of the molecule is CCN1CCCN(C)CCN(C)CCCN(CC)CC1. The summed E-state index contributed by atoms with van der Waals surface area (Å²) in [5, 5.41) is 0. The van der Waals surface area contributed by atoms with Crippen LogP contribution in [0.25, 0.3) is 0 Å². The first-order chi connectivity index (χ1) is 9.65. The molecule has 1 saturated heterocycles. The van der Waals surface area contributed by atoms with Gasteiger partial charge in [0.15, 0.2) is 0 Å². The van der Waals surface area contributed by atoms with Gasteiger partial charge in [0.25, 0.3) is 0 Å². The molecule has 0 amide bonds. The van der Waals surface area contributed by atoms with E-state index in [-0.39, 0.29) is 0 Å². The van der Waals surface area contributed by atoms with Crippen molar-refractivity contribution in [3.05, 3.63) is 0 Å². The third-order valence-corrected chi connectivity index (χ3v) is 4.52. The van der Waals surface area contributed by atoms with Gasteiger partial charge in [0.2, 0.25) is 0 Å². The molecule has 0 bridgehead atoms. The van der Waals surface area contributed by atoms with Crippen LogP contribution in [-0.2, 0) is 0 Å². The molecular weight excluding hydrogens is 248 g/mol. The van der Waals surface area contributed by atoms with E-state index in [4.69, 9.17) is 0 Å². The molecule has 20 heavy (non-hydrogen) atoms. The summed E-state index contributed by atoms with van der Waals surface area (Å²) < 4.78 is 0. The lowest BCUT2D eigenvalue weighted by molar-refractivity contribution is 0.183. The van der Waals surface area contributed by atoms with Gasteiger partial charge in [-0.3, -0.25) is 0 Å². The minimum atomic E-state index is 1.18. The van der Waals surface area contributed by atoms with Crippen LogP contribution in [0.2, 0.25) is 0 Å². The predicted octanol–water partition coefficient (Wildman–Crippen LogP) is 1.29. The lowest BCUT2D eigenvalue weighted by atomic mass is 10.3. The summed E-state index contributed by atoms with van der Waals surface area (Å²) in [5.41, 5.74) is 0. The molecule has 0 spiro atoms. The van der Waals surface area contributed by atoms with Gasteiger partial charge in [0.05, 0.1) is 0 Å². The maximum Gasteiger partial charge on any atom is 0.0109 e. The summed E-state index contributed by atoms with van der Waals surface area (Å²) in [6.45, 7) is 16.7. The minimum absolute atomic E-state index is 1.18. The molecule has 1 rings (SSSR count). The van der Waals surface area contributed by atoms with E-state index < -0.39 is 0 Å². The van der Waals surface area contributed by atoms with Crippen LogP contribution < -0.4 is 0 Å². The van der Waals surface area contributed by atoms with Gasteiger partial charge in [-0.2, -0.15) is 0 Å². The molecule has 1 aliphatic rings. The van der Waals surface area contributed by atoms with Crippen molar-refractivity contribution >= 4 is 0 Å². The summed E-state index contributed by atoms with van der Waals surface area (Å²) in [6.07, 6.45) is 2.58. The Morgan fingerprint density at radius 3 is 1.30 bits per heavy atom. The fourth-order valence-corrected chi connectivity index (χ4v) is 2.83. The van der Waals surface area contributed by atoms with E-state index in [0.29, 0.717) is 0 Å². The molecule has 1 aliphatic heterocycles. The first-order valence-corrected chi connectivity index (χ1v) is 8.47. The third-order valence-electron chi connectivity index (χ3n) is 4.52. The monoisotopic (exact) mass is 284 g/mol. The predicted molar refractivity (Wildman–Crippen MR) is 88.5 cm³/mol. The molecule has 1 heterocycles. The molecule has 0 unspecified atom stereocenters. The summed E-state index contributed by atoms with van der Waals surface area (Å²) in [6, 6.07) is 0. The van der Waals surface area contributed by atoms with Gasteiger partial charge in [0.1, 0.15) is 0 Å². The molecule has 4 nitrogen and oxygen atoms in total. The standard InChI is InChI=1S/C16H36N4/c1-5-19-11-7-9-17(3)13-14-18(4)10-8-12-20(6-2)16-15-19/h5-16H2,1-4H3. The van der Waals surface area contributed by atoms with Crippen LogP contribution in [0, 0.1) is 0 Å². The Morgan fingerprint density at radius 2 is 0.950 bits per heavy atom. The van der Waals surface area contributed by atoms with Crippen molar-refractivity contribution in [2.45, 2.75) is 26.7 Å². The van der Waals surface area contributed by atoms with E-state index in [1.54, 1.807) is 0 Å². The Morgan fingerprint density at radius 1 is 0.550 bits per heavy atom. The van der Waals surface area contributed by atoms with Crippen LogP contribution in [0.15, 0.2) is 0 Å². The van der Waals surface area contributed by atoms with Crippen molar-refractivity contribution in [1.29, 1.82) is 0 Å². The highest BCUT2D eigenvalue weighted by molar-refractivity contribution is 4.66. The van der Waals surface area contributed by atoms with Crippen molar-refractivity contribution in [1.82, 2.24) is 19.6 Å². The Kier molecular flexibility index (Phi) is 9.44. The lowest BCUT2D eigenvalue weighted by Crippen LogP contribution is -2.39. The van der Waals surface area contributed by atoms with E-state index in [2.05, 4.69) is 47.5 Å². The van der Waals surface area contributed by atoms with Crippen molar-refractivity contribution < 1.29 is 0 Å². The smallest absolute Gasteiger partial charge is 0.0109 e. The molecule has 120 valence electrons. The zero-order chi connectivity index (χ0) is 14.8. The van der Waals surface area contributed by atoms with E-state index in [1.807, 2.05) is 0 Å². The van der Waals surface area contributed by atoms with Gasteiger partial charge in [-0.1, -0.05) is 13.8 Å². The van der Waals surface area contributed by atoms with Crippen molar-refractivity contribution in [3.8, 4) is 0 Å². The molecule has 4 heteroatoms. The number of rotatable bonds is 2. The van der Waals surface area contributed by atoms with Crippen LogP contribution in [0.5, 0.6) is 0 Å². The first-order valence-electron chi connectivity index (χ1n) is 8.47. The Bertz CT molecular complexity index is 211. The molecule has 0 aromatic rings. The fourth-order valence-electron chi connectivity index (χ4n) is 2.83.